The van der Waals surface area contributed by atoms with E-state index >= 15 is 0 Å². The van der Waals surface area contributed by atoms with Gasteiger partial charge in [0, 0.05) is 6.07 Å². The van der Waals surface area contributed by atoms with Gasteiger partial charge in [0.25, 0.3) is 5.91 Å². The maximum absolute atomic E-state index is 13.8. The van der Waals surface area contributed by atoms with Gasteiger partial charge in [-0.05, 0) is 29.8 Å². The van der Waals surface area contributed by atoms with Gasteiger partial charge in [0.05, 0.1) is 32.2 Å². The van der Waals surface area contributed by atoms with E-state index in [0.717, 1.165) is 12.1 Å². The van der Waals surface area contributed by atoms with Crippen molar-refractivity contribution in [2.45, 2.75) is 12.5 Å². The van der Waals surface area contributed by atoms with E-state index in [2.05, 4.69) is 5.32 Å². The summed E-state index contributed by atoms with van der Waals surface area (Å²) in [5, 5.41) is 11.6. The molecule has 2 aromatic carbocycles. The lowest BCUT2D eigenvalue weighted by molar-refractivity contribution is -0.137. The number of hydrogen-bond acceptors (Lipinski definition) is 4. The molecule has 6 nitrogen and oxygen atoms in total. The highest BCUT2D eigenvalue weighted by Gasteiger charge is 2.22. The van der Waals surface area contributed by atoms with E-state index in [1.54, 1.807) is 12.1 Å². The van der Waals surface area contributed by atoms with Crippen LogP contribution >= 0.6 is 0 Å². The summed E-state index contributed by atoms with van der Waals surface area (Å²) < 4.78 is 37.1. The maximum atomic E-state index is 13.8. The van der Waals surface area contributed by atoms with Crippen LogP contribution in [0.15, 0.2) is 36.4 Å². The van der Waals surface area contributed by atoms with Crippen molar-refractivity contribution in [3.63, 3.8) is 0 Å². The Morgan fingerprint density at radius 3 is 2.35 bits per heavy atom. The number of carboxylic acids is 1. The van der Waals surface area contributed by atoms with Gasteiger partial charge in [-0.25, -0.2) is 8.78 Å². The van der Waals surface area contributed by atoms with E-state index in [4.69, 9.17) is 14.6 Å². The molecule has 0 fully saturated rings. The Hall–Kier alpha value is -3.16. The fourth-order valence-corrected chi connectivity index (χ4v) is 2.41. The minimum atomic E-state index is -1.16. The molecule has 0 aliphatic carbocycles. The molecule has 0 spiro atoms. The number of halogens is 2. The first-order valence-electron chi connectivity index (χ1n) is 7.55. The highest BCUT2D eigenvalue weighted by Crippen LogP contribution is 2.31. The molecular weight excluding hydrogens is 348 g/mol. The van der Waals surface area contributed by atoms with Crippen LogP contribution in [0.3, 0.4) is 0 Å². The summed E-state index contributed by atoms with van der Waals surface area (Å²) in [5.74, 6) is -3.10. The Balaban J connectivity index is 2.32. The smallest absolute Gasteiger partial charge is 0.305 e. The normalized spacial score (nSPS) is 11.5. The molecule has 0 saturated heterocycles. The van der Waals surface area contributed by atoms with Crippen molar-refractivity contribution in [2.24, 2.45) is 0 Å². The predicted octanol–water partition coefficient (Wildman–Crippen LogP) is 2.93. The summed E-state index contributed by atoms with van der Waals surface area (Å²) in [6.45, 7) is 0. The number of aliphatic carboxylic acids is 1. The molecular formula is C18H17F2NO5. The van der Waals surface area contributed by atoms with Crippen molar-refractivity contribution in [1.82, 2.24) is 5.32 Å². The van der Waals surface area contributed by atoms with Gasteiger partial charge >= 0.3 is 5.97 Å². The van der Waals surface area contributed by atoms with Gasteiger partial charge in [-0.3, -0.25) is 9.59 Å². The number of carboxylic acid groups (broad SMARTS) is 1. The molecule has 8 heteroatoms. The predicted molar refractivity (Wildman–Crippen MR) is 88.4 cm³/mol. The number of amides is 1. The highest BCUT2D eigenvalue weighted by atomic mass is 19.1. The average Bonchev–Trinajstić information content (AvgIpc) is 2.59. The zero-order valence-corrected chi connectivity index (χ0v) is 14.1. The molecule has 1 atom stereocenters. The third-order valence-corrected chi connectivity index (χ3v) is 3.67. The van der Waals surface area contributed by atoms with Crippen LogP contribution in [0.2, 0.25) is 0 Å². The Morgan fingerprint density at radius 2 is 1.77 bits per heavy atom. The fourth-order valence-electron chi connectivity index (χ4n) is 2.41. The van der Waals surface area contributed by atoms with Gasteiger partial charge in [0.2, 0.25) is 0 Å². The summed E-state index contributed by atoms with van der Waals surface area (Å²) in [7, 11) is 2.87. The lowest BCUT2D eigenvalue weighted by Crippen LogP contribution is -2.30. The van der Waals surface area contributed by atoms with E-state index in [9.17, 15) is 18.4 Å². The largest absolute Gasteiger partial charge is 0.493 e. The average molecular weight is 365 g/mol. The number of nitrogens with one attached hydrogen (secondary N) is 1. The monoisotopic (exact) mass is 365 g/mol. The van der Waals surface area contributed by atoms with Crippen LogP contribution in [0.25, 0.3) is 0 Å². The number of carbonyl (C=O) groups excluding carboxylic acids is 1. The molecule has 1 amide bonds. The van der Waals surface area contributed by atoms with Crippen molar-refractivity contribution < 1.29 is 33.0 Å². The quantitative estimate of drug-likeness (QED) is 0.788. The molecule has 26 heavy (non-hydrogen) atoms. The van der Waals surface area contributed by atoms with Gasteiger partial charge in [-0.1, -0.05) is 6.07 Å². The van der Waals surface area contributed by atoms with Crippen LogP contribution in [0.5, 0.6) is 11.5 Å². The zero-order valence-electron chi connectivity index (χ0n) is 14.1. The van der Waals surface area contributed by atoms with Crippen molar-refractivity contribution in [1.29, 1.82) is 0 Å². The first-order valence-corrected chi connectivity index (χ1v) is 7.55. The number of carbonyl (C=O) groups is 2. The second-order valence-electron chi connectivity index (χ2n) is 5.36. The topological polar surface area (TPSA) is 84.9 Å². The van der Waals surface area contributed by atoms with Crippen molar-refractivity contribution in [2.75, 3.05) is 14.2 Å². The molecule has 0 aliphatic heterocycles. The van der Waals surface area contributed by atoms with E-state index < -0.39 is 36.0 Å². The molecule has 138 valence electrons. The van der Waals surface area contributed by atoms with Crippen molar-refractivity contribution in [3.05, 3.63) is 59.2 Å². The molecule has 0 heterocycles. The number of rotatable bonds is 7. The Kier molecular flexibility index (Phi) is 6.11. The van der Waals surface area contributed by atoms with E-state index in [-0.39, 0.29) is 5.56 Å². The zero-order chi connectivity index (χ0) is 19.3. The summed E-state index contributed by atoms with van der Waals surface area (Å²) in [6.07, 6.45) is -0.440. The molecule has 0 unspecified atom stereocenters. The molecule has 0 bridgehead atoms. The van der Waals surface area contributed by atoms with Gasteiger partial charge in [-0.15, -0.1) is 0 Å². The molecule has 0 radical (unpaired) electrons. The standard InChI is InChI=1S/C18H17F2NO5/c1-25-15-6-3-10(7-16(15)26-2)14(9-17(22)23)21-18(24)12-5-4-11(19)8-13(12)20/h3-8,14H,9H2,1-2H3,(H,21,24)(H,22,23)/t14-/m1/s1. The minimum Gasteiger partial charge on any atom is -0.493 e. The van der Waals surface area contributed by atoms with Gasteiger partial charge in [0.15, 0.2) is 11.5 Å². The second-order valence-corrected chi connectivity index (χ2v) is 5.36. The molecule has 0 aromatic heterocycles. The van der Waals surface area contributed by atoms with E-state index in [0.29, 0.717) is 23.1 Å². The Morgan fingerprint density at radius 1 is 1.08 bits per heavy atom. The number of benzene rings is 2. The van der Waals surface area contributed by atoms with E-state index in [1.165, 1.54) is 20.3 Å². The Labute approximate surface area is 148 Å². The van der Waals surface area contributed by atoms with Crippen molar-refractivity contribution >= 4 is 11.9 Å². The molecule has 0 aliphatic rings. The third-order valence-electron chi connectivity index (χ3n) is 3.67. The van der Waals surface area contributed by atoms with Crippen LogP contribution in [0, 0.1) is 11.6 Å². The van der Waals surface area contributed by atoms with Crippen LogP contribution in [-0.2, 0) is 4.79 Å². The van der Waals surface area contributed by atoms with Crippen LogP contribution < -0.4 is 14.8 Å². The fraction of sp³-hybridized carbons (Fsp3) is 0.222. The SMILES string of the molecule is COc1ccc([C@@H](CC(=O)O)NC(=O)c2ccc(F)cc2F)cc1OC. The molecule has 2 aromatic rings. The first kappa shape index (κ1) is 19.2. The van der Waals surface area contributed by atoms with Crippen LogP contribution in [0.4, 0.5) is 8.78 Å². The summed E-state index contributed by atoms with van der Waals surface area (Å²) in [6, 6.07) is 6.21. The number of ether oxygens (including phenoxy) is 2. The highest BCUT2D eigenvalue weighted by molar-refractivity contribution is 5.95. The van der Waals surface area contributed by atoms with Crippen molar-refractivity contribution in [3.8, 4) is 11.5 Å². The maximum Gasteiger partial charge on any atom is 0.305 e. The van der Waals surface area contributed by atoms with Crippen LogP contribution in [-0.4, -0.2) is 31.2 Å². The summed E-state index contributed by atoms with van der Waals surface area (Å²) in [5.41, 5.74) is 0.0446. The Bertz CT molecular complexity index is 825. The molecule has 2 N–H and O–H groups in total. The lowest BCUT2D eigenvalue weighted by Gasteiger charge is -2.19. The second kappa shape index (κ2) is 8.28. The van der Waals surface area contributed by atoms with Gasteiger partial charge in [-0.2, -0.15) is 0 Å². The summed E-state index contributed by atoms with van der Waals surface area (Å²) in [4.78, 5) is 23.5. The van der Waals surface area contributed by atoms with Gasteiger partial charge in [0.1, 0.15) is 11.6 Å². The number of hydrogen-bond donors (Lipinski definition) is 2. The lowest BCUT2D eigenvalue weighted by atomic mass is 10.0. The molecule has 0 saturated carbocycles. The van der Waals surface area contributed by atoms with E-state index in [1.807, 2.05) is 0 Å². The van der Waals surface area contributed by atoms with Crippen LogP contribution in [0.1, 0.15) is 28.4 Å². The van der Waals surface area contributed by atoms with Gasteiger partial charge < -0.3 is 19.9 Å². The minimum absolute atomic E-state index is 0.350. The first-order chi connectivity index (χ1) is 12.3. The molecule has 2 rings (SSSR count). The summed E-state index contributed by atoms with van der Waals surface area (Å²) >= 11 is 0. The third kappa shape index (κ3) is 4.47. The number of methoxy groups -OCH3 is 2.